The molecule has 0 atom stereocenters. The van der Waals surface area contributed by atoms with Gasteiger partial charge in [-0.1, -0.05) is 12.1 Å². The highest BCUT2D eigenvalue weighted by atomic mass is 19.4. The van der Waals surface area contributed by atoms with E-state index < -0.39 is 23.4 Å². The molecule has 0 aliphatic heterocycles. The molecule has 2 aromatic heterocycles. The summed E-state index contributed by atoms with van der Waals surface area (Å²) < 4.78 is 52.9. The van der Waals surface area contributed by atoms with Gasteiger partial charge >= 0.3 is 12.3 Å². The molecule has 4 rings (SSSR count). The van der Waals surface area contributed by atoms with Crippen molar-refractivity contribution in [3.8, 4) is 22.7 Å². The quantitative estimate of drug-likeness (QED) is 0.444. The minimum atomic E-state index is -4.51. The smallest absolute Gasteiger partial charge is 0.418 e. The molecule has 0 spiro atoms. The van der Waals surface area contributed by atoms with Crippen molar-refractivity contribution in [2.24, 2.45) is 5.92 Å². The molecule has 1 N–H and O–H groups in total. The van der Waals surface area contributed by atoms with Crippen LogP contribution in [0.5, 0.6) is 5.75 Å². The average Bonchev–Trinajstić information content (AvgIpc) is 3.32. The van der Waals surface area contributed by atoms with Gasteiger partial charge in [0.05, 0.1) is 30.3 Å². The van der Waals surface area contributed by atoms with Gasteiger partial charge in [-0.25, -0.2) is 19.4 Å². The molecule has 37 heavy (non-hydrogen) atoms. The van der Waals surface area contributed by atoms with E-state index in [1.54, 1.807) is 6.20 Å². The number of aromatic nitrogens is 4. The molecule has 3 aromatic rings. The lowest BCUT2D eigenvalue weighted by molar-refractivity contribution is -0.137. The molecular weight excluding hydrogens is 487 g/mol. The van der Waals surface area contributed by atoms with E-state index >= 15 is 0 Å². The summed E-state index contributed by atoms with van der Waals surface area (Å²) in [7, 11) is 0. The summed E-state index contributed by atoms with van der Waals surface area (Å²) in [4.78, 5) is 20.4. The lowest BCUT2D eigenvalue weighted by atomic mass is 9.86. The minimum absolute atomic E-state index is 0.0622. The van der Waals surface area contributed by atoms with Crippen LogP contribution in [0.1, 0.15) is 52.0 Å². The molecule has 2 heterocycles. The Morgan fingerprint density at radius 3 is 2.54 bits per heavy atom. The van der Waals surface area contributed by atoms with E-state index in [1.807, 2.05) is 20.8 Å². The van der Waals surface area contributed by atoms with Crippen LogP contribution in [0.25, 0.3) is 16.9 Å². The number of rotatable bonds is 6. The van der Waals surface area contributed by atoms with Gasteiger partial charge in [0.15, 0.2) is 5.75 Å². The molecular formula is C26H30F3N5O3. The third kappa shape index (κ3) is 6.99. The van der Waals surface area contributed by atoms with Crippen LogP contribution in [0.4, 0.5) is 18.0 Å². The minimum Gasteiger partial charge on any atom is -0.489 e. The number of nitrogens with one attached hydrogen (secondary N) is 1. The zero-order valence-electron chi connectivity index (χ0n) is 21.0. The highest BCUT2D eigenvalue weighted by molar-refractivity contribution is 5.68. The molecule has 0 saturated heterocycles. The first-order valence-corrected chi connectivity index (χ1v) is 12.1. The van der Waals surface area contributed by atoms with Gasteiger partial charge in [0.1, 0.15) is 17.6 Å². The van der Waals surface area contributed by atoms with Crippen molar-refractivity contribution in [2.45, 2.75) is 64.3 Å². The third-order valence-corrected chi connectivity index (χ3v) is 6.03. The van der Waals surface area contributed by atoms with Crippen molar-refractivity contribution >= 4 is 6.09 Å². The maximum Gasteiger partial charge on any atom is 0.418 e. The fraction of sp³-hybridized carbons (Fsp3) is 0.462. The molecule has 0 bridgehead atoms. The summed E-state index contributed by atoms with van der Waals surface area (Å²) in [6.07, 6.45) is 4.31. The zero-order valence-corrected chi connectivity index (χ0v) is 21.0. The molecule has 1 aliphatic rings. The molecule has 1 fully saturated rings. The zero-order chi connectivity index (χ0) is 26.6. The van der Waals surface area contributed by atoms with Gasteiger partial charge in [0.2, 0.25) is 0 Å². The van der Waals surface area contributed by atoms with Crippen LogP contribution < -0.4 is 10.1 Å². The first-order chi connectivity index (χ1) is 17.5. The van der Waals surface area contributed by atoms with Gasteiger partial charge in [0.25, 0.3) is 0 Å². The number of para-hydroxylation sites is 1. The van der Waals surface area contributed by atoms with Crippen LogP contribution in [-0.4, -0.2) is 44.1 Å². The first kappa shape index (κ1) is 26.4. The molecule has 1 aromatic carbocycles. The van der Waals surface area contributed by atoms with E-state index in [0.29, 0.717) is 23.6 Å². The number of alkyl halides is 3. The van der Waals surface area contributed by atoms with Gasteiger partial charge < -0.3 is 14.8 Å². The van der Waals surface area contributed by atoms with E-state index in [1.165, 1.54) is 41.6 Å². The summed E-state index contributed by atoms with van der Waals surface area (Å²) in [6.45, 7) is 5.92. The maximum atomic E-state index is 13.4. The summed E-state index contributed by atoms with van der Waals surface area (Å²) in [5.41, 5.74) is -0.427. The Morgan fingerprint density at radius 1 is 1.11 bits per heavy atom. The predicted molar refractivity (Wildman–Crippen MR) is 130 cm³/mol. The van der Waals surface area contributed by atoms with Gasteiger partial charge in [0, 0.05) is 17.8 Å². The lowest BCUT2D eigenvalue weighted by Gasteiger charge is -2.30. The van der Waals surface area contributed by atoms with Crippen LogP contribution in [0, 0.1) is 5.92 Å². The fourth-order valence-electron chi connectivity index (χ4n) is 4.28. The second-order valence-corrected chi connectivity index (χ2v) is 10.1. The van der Waals surface area contributed by atoms with Crippen molar-refractivity contribution in [2.75, 3.05) is 6.61 Å². The number of carbonyl (C=O) groups is 1. The fourth-order valence-corrected chi connectivity index (χ4v) is 4.28. The number of ether oxygens (including phenoxy) is 2. The summed E-state index contributed by atoms with van der Waals surface area (Å²) in [6, 6.07) is 5.32. The maximum absolute atomic E-state index is 13.4. The molecule has 198 valence electrons. The van der Waals surface area contributed by atoms with E-state index in [4.69, 9.17) is 9.47 Å². The molecule has 1 saturated carbocycles. The topological polar surface area (TPSA) is 91.2 Å². The molecule has 0 unspecified atom stereocenters. The summed E-state index contributed by atoms with van der Waals surface area (Å²) in [5.74, 6) is 0.714. The second-order valence-electron chi connectivity index (χ2n) is 10.1. The standard InChI is InChI=1S/C26H30F3N5O3/c1-25(2,3)37-24(35)33-19-10-8-17(9-11-19)15-36-22-13-30-16-31-23(22)18-12-32-34(14-18)21-7-5-4-6-20(21)26(27,28)29/h4-7,12-14,16-17,19H,8-11,15H2,1-3H3,(H,33,35)/t17-,19+. The van der Waals surface area contributed by atoms with Crippen molar-refractivity contribution in [3.05, 3.63) is 54.7 Å². The Morgan fingerprint density at radius 2 is 1.84 bits per heavy atom. The van der Waals surface area contributed by atoms with Crippen molar-refractivity contribution in [1.29, 1.82) is 0 Å². The van der Waals surface area contributed by atoms with Crippen molar-refractivity contribution in [3.63, 3.8) is 0 Å². The lowest BCUT2D eigenvalue weighted by Crippen LogP contribution is -2.41. The monoisotopic (exact) mass is 517 g/mol. The van der Waals surface area contributed by atoms with Gasteiger partial charge in [-0.15, -0.1) is 0 Å². The van der Waals surface area contributed by atoms with Crippen LogP contribution in [0.3, 0.4) is 0 Å². The molecule has 11 heteroatoms. The highest BCUT2D eigenvalue weighted by Crippen LogP contribution is 2.35. The first-order valence-electron chi connectivity index (χ1n) is 12.1. The SMILES string of the molecule is CC(C)(C)OC(=O)N[C@H]1CC[C@@H](COc2cncnc2-c2cnn(-c3ccccc3C(F)(F)F)c2)CC1. The molecule has 0 radical (unpaired) electrons. The van der Waals surface area contributed by atoms with Crippen molar-refractivity contribution in [1.82, 2.24) is 25.1 Å². The molecule has 8 nitrogen and oxygen atoms in total. The molecule has 1 amide bonds. The Hall–Kier alpha value is -3.63. The molecule has 1 aliphatic carbocycles. The van der Waals surface area contributed by atoms with Crippen LogP contribution in [-0.2, 0) is 10.9 Å². The predicted octanol–water partition coefficient (Wildman–Crippen LogP) is 5.81. The van der Waals surface area contributed by atoms with Gasteiger partial charge in [-0.2, -0.15) is 18.3 Å². The Balaban J connectivity index is 1.38. The van der Waals surface area contributed by atoms with E-state index in [-0.39, 0.29) is 17.6 Å². The summed E-state index contributed by atoms with van der Waals surface area (Å²) in [5, 5.41) is 7.07. The van der Waals surface area contributed by atoms with E-state index in [9.17, 15) is 18.0 Å². The van der Waals surface area contributed by atoms with Crippen molar-refractivity contribution < 1.29 is 27.4 Å². The van der Waals surface area contributed by atoms with Gasteiger partial charge in [-0.05, 0) is 64.5 Å². The largest absolute Gasteiger partial charge is 0.489 e. The number of nitrogens with zero attached hydrogens (tertiary/aromatic N) is 4. The number of hydrogen-bond acceptors (Lipinski definition) is 6. The average molecular weight is 518 g/mol. The number of benzene rings is 1. The Labute approximate surface area is 213 Å². The number of alkyl carbamates (subject to hydrolysis) is 1. The van der Waals surface area contributed by atoms with Crippen LogP contribution >= 0.6 is 0 Å². The van der Waals surface area contributed by atoms with E-state index in [0.717, 1.165) is 31.7 Å². The number of hydrogen-bond donors (Lipinski definition) is 1. The number of carbonyl (C=O) groups excluding carboxylic acids is 1. The normalized spacial score (nSPS) is 18.3. The highest BCUT2D eigenvalue weighted by Gasteiger charge is 2.34. The summed E-state index contributed by atoms with van der Waals surface area (Å²) >= 11 is 0. The number of halogens is 3. The van der Waals surface area contributed by atoms with E-state index in [2.05, 4.69) is 20.4 Å². The number of amides is 1. The Kier molecular flexibility index (Phi) is 7.70. The van der Waals surface area contributed by atoms with Crippen LogP contribution in [0.15, 0.2) is 49.2 Å². The third-order valence-electron chi connectivity index (χ3n) is 6.03. The van der Waals surface area contributed by atoms with Gasteiger partial charge in [-0.3, -0.25) is 0 Å². The Bertz CT molecular complexity index is 1210. The van der Waals surface area contributed by atoms with Crippen LogP contribution in [0.2, 0.25) is 0 Å². The second kappa shape index (κ2) is 10.8.